The van der Waals surface area contributed by atoms with Crippen LogP contribution >= 0.6 is 11.6 Å². The topological polar surface area (TPSA) is 71.3 Å². The van der Waals surface area contributed by atoms with Gasteiger partial charge in [0, 0.05) is 11.6 Å². The monoisotopic (exact) mass is 432 g/mol. The second-order valence-corrected chi connectivity index (χ2v) is 7.10. The van der Waals surface area contributed by atoms with E-state index in [1.807, 2.05) is 48.5 Å². The molecule has 0 unspecified atom stereocenters. The van der Waals surface area contributed by atoms with Crippen molar-refractivity contribution in [3.8, 4) is 17.6 Å². The van der Waals surface area contributed by atoms with E-state index in [-0.39, 0.29) is 5.57 Å². The lowest BCUT2D eigenvalue weighted by atomic mass is 10.1. The number of ether oxygens (including phenoxy) is 2. The number of hydrogen-bond donors (Lipinski definition) is 1. The molecule has 6 heteroatoms. The predicted molar refractivity (Wildman–Crippen MR) is 121 cm³/mol. The van der Waals surface area contributed by atoms with Crippen LogP contribution in [0.2, 0.25) is 5.02 Å². The lowest BCUT2D eigenvalue weighted by Crippen LogP contribution is -2.23. The normalized spacial score (nSPS) is 10.8. The predicted octanol–water partition coefficient (Wildman–Crippen LogP) is 5.15. The van der Waals surface area contributed by atoms with Gasteiger partial charge in [-0.1, -0.05) is 60.1 Å². The van der Waals surface area contributed by atoms with Gasteiger partial charge in [0.1, 0.15) is 18.2 Å². The lowest BCUT2D eigenvalue weighted by molar-refractivity contribution is -0.117. The first-order chi connectivity index (χ1) is 15.1. The van der Waals surface area contributed by atoms with Gasteiger partial charge in [0.15, 0.2) is 11.5 Å². The maximum atomic E-state index is 12.4. The molecule has 0 saturated carbocycles. The first-order valence-corrected chi connectivity index (χ1v) is 9.96. The van der Waals surface area contributed by atoms with Crippen LogP contribution in [0.3, 0.4) is 0 Å². The van der Waals surface area contributed by atoms with Crippen molar-refractivity contribution in [2.75, 3.05) is 7.11 Å². The molecule has 1 N–H and O–H groups in total. The van der Waals surface area contributed by atoms with Crippen LogP contribution in [0.4, 0.5) is 0 Å². The van der Waals surface area contributed by atoms with Crippen LogP contribution in [-0.4, -0.2) is 13.0 Å². The Balaban J connectivity index is 1.69. The van der Waals surface area contributed by atoms with Gasteiger partial charge in [0.2, 0.25) is 0 Å². The minimum atomic E-state index is -0.437. The number of methoxy groups -OCH3 is 1. The Morgan fingerprint density at radius 1 is 1.03 bits per heavy atom. The number of nitrogens with zero attached hydrogens (tertiary/aromatic N) is 1. The molecular formula is C25H21ClN2O3. The maximum Gasteiger partial charge on any atom is 0.262 e. The highest BCUT2D eigenvalue weighted by Gasteiger charge is 2.11. The zero-order valence-electron chi connectivity index (χ0n) is 17.0. The van der Waals surface area contributed by atoms with Gasteiger partial charge in [-0.15, -0.1) is 0 Å². The molecule has 0 fully saturated rings. The van der Waals surface area contributed by atoms with E-state index in [0.717, 1.165) is 11.1 Å². The number of rotatable bonds is 8. The summed E-state index contributed by atoms with van der Waals surface area (Å²) in [5, 5.41) is 12.8. The molecule has 0 radical (unpaired) electrons. The molecule has 3 aromatic rings. The zero-order valence-corrected chi connectivity index (χ0v) is 17.7. The van der Waals surface area contributed by atoms with E-state index >= 15 is 0 Å². The number of nitriles is 1. The van der Waals surface area contributed by atoms with Crippen molar-refractivity contribution in [3.05, 3.63) is 100 Å². The van der Waals surface area contributed by atoms with Crippen LogP contribution < -0.4 is 14.8 Å². The zero-order chi connectivity index (χ0) is 22.1. The summed E-state index contributed by atoms with van der Waals surface area (Å²) in [5.74, 6) is 0.625. The van der Waals surface area contributed by atoms with Gasteiger partial charge < -0.3 is 14.8 Å². The largest absolute Gasteiger partial charge is 0.493 e. The van der Waals surface area contributed by atoms with Gasteiger partial charge in [0.25, 0.3) is 5.91 Å². The molecule has 0 saturated heterocycles. The molecule has 0 aromatic heterocycles. The van der Waals surface area contributed by atoms with Crippen LogP contribution in [0.15, 0.2) is 78.4 Å². The van der Waals surface area contributed by atoms with E-state index in [0.29, 0.717) is 35.2 Å². The average Bonchev–Trinajstić information content (AvgIpc) is 2.81. The van der Waals surface area contributed by atoms with Gasteiger partial charge >= 0.3 is 0 Å². The summed E-state index contributed by atoms with van der Waals surface area (Å²) >= 11 is 5.90. The SMILES string of the molecule is COc1cc(/C=C(\C#N)C(=O)NCc2ccccc2)ccc1OCc1ccc(Cl)cc1. The minimum Gasteiger partial charge on any atom is -0.493 e. The summed E-state index contributed by atoms with van der Waals surface area (Å²) in [6.07, 6.45) is 1.52. The van der Waals surface area contributed by atoms with E-state index in [4.69, 9.17) is 21.1 Å². The summed E-state index contributed by atoms with van der Waals surface area (Å²) in [7, 11) is 1.54. The van der Waals surface area contributed by atoms with Crippen LogP contribution in [0, 0.1) is 11.3 Å². The van der Waals surface area contributed by atoms with Crippen molar-refractivity contribution in [3.63, 3.8) is 0 Å². The molecule has 0 aliphatic heterocycles. The standard InChI is InChI=1S/C25H21ClN2O3/c1-30-24-14-20(9-12-23(24)31-17-19-7-10-22(26)11-8-19)13-21(15-27)25(29)28-16-18-5-3-2-4-6-18/h2-14H,16-17H2,1H3,(H,28,29)/b21-13+. The molecule has 0 atom stereocenters. The van der Waals surface area contributed by atoms with E-state index in [2.05, 4.69) is 5.32 Å². The van der Waals surface area contributed by atoms with Gasteiger partial charge in [-0.05, 0) is 47.0 Å². The number of hydrogen-bond acceptors (Lipinski definition) is 4. The molecule has 0 spiro atoms. The Labute approximate surface area is 186 Å². The molecular weight excluding hydrogens is 412 g/mol. The highest BCUT2D eigenvalue weighted by atomic mass is 35.5. The van der Waals surface area contributed by atoms with E-state index in [1.54, 1.807) is 30.3 Å². The molecule has 1 amide bonds. The van der Waals surface area contributed by atoms with Crippen LogP contribution in [-0.2, 0) is 17.9 Å². The Kier molecular flexibility index (Phi) is 7.69. The third-order valence-electron chi connectivity index (χ3n) is 4.47. The number of nitrogens with one attached hydrogen (secondary N) is 1. The smallest absolute Gasteiger partial charge is 0.262 e. The Morgan fingerprint density at radius 2 is 1.77 bits per heavy atom. The Morgan fingerprint density at radius 3 is 2.45 bits per heavy atom. The van der Waals surface area contributed by atoms with E-state index in [1.165, 1.54) is 13.2 Å². The highest BCUT2D eigenvalue weighted by Crippen LogP contribution is 2.29. The van der Waals surface area contributed by atoms with E-state index in [9.17, 15) is 10.1 Å². The summed E-state index contributed by atoms with van der Waals surface area (Å²) in [5.41, 5.74) is 2.59. The fraction of sp³-hybridized carbons (Fsp3) is 0.120. The molecule has 156 valence electrons. The van der Waals surface area contributed by atoms with Crippen molar-refractivity contribution in [2.24, 2.45) is 0 Å². The minimum absolute atomic E-state index is 0.00724. The first kappa shape index (κ1) is 21.9. The van der Waals surface area contributed by atoms with Gasteiger partial charge in [-0.25, -0.2) is 0 Å². The second kappa shape index (κ2) is 10.9. The molecule has 3 rings (SSSR count). The van der Waals surface area contributed by atoms with Gasteiger partial charge in [0.05, 0.1) is 7.11 Å². The average molecular weight is 433 g/mol. The highest BCUT2D eigenvalue weighted by molar-refractivity contribution is 6.30. The Bertz CT molecular complexity index is 1100. The van der Waals surface area contributed by atoms with Gasteiger partial charge in [-0.3, -0.25) is 4.79 Å². The fourth-order valence-corrected chi connectivity index (χ4v) is 2.95. The second-order valence-electron chi connectivity index (χ2n) is 6.66. The quantitative estimate of drug-likeness (QED) is 0.394. The summed E-state index contributed by atoms with van der Waals surface area (Å²) in [4.78, 5) is 12.4. The molecule has 0 aliphatic carbocycles. The number of halogens is 1. The van der Waals surface area contributed by atoms with Crippen LogP contribution in [0.1, 0.15) is 16.7 Å². The maximum absolute atomic E-state index is 12.4. The van der Waals surface area contributed by atoms with Crippen LogP contribution in [0.25, 0.3) is 6.08 Å². The molecule has 5 nitrogen and oxygen atoms in total. The van der Waals surface area contributed by atoms with Crippen molar-refractivity contribution in [1.29, 1.82) is 5.26 Å². The molecule has 0 heterocycles. The van der Waals surface area contributed by atoms with Crippen LogP contribution in [0.5, 0.6) is 11.5 Å². The van der Waals surface area contributed by atoms with Crippen molar-refractivity contribution < 1.29 is 14.3 Å². The van der Waals surface area contributed by atoms with Gasteiger partial charge in [-0.2, -0.15) is 5.26 Å². The van der Waals surface area contributed by atoms with Crippen molar-refractivity contribution >= 4 is 23.6 Å². The number of carbonyl (C=O) groups excluding carboxylic acids is 1. The van der Waals surface area contributed by atoms with Crippen molar-refractivity contribution in [1.82, 2.24) is 5.32 Å². The van der Waals surface area contributed by atoms with Crippen molar-refractivity contribution in [2.45, 2.75) is 13.2 Å². The summed E-state index contributed by atoms with van der Waals surface area (Å²) in [6.45, 7) is 0.702. The molecule has 0 bridgehead atoms. The number of benzene rings is 3. The number of amides is 1. The fourth-order valence-electron chi connectivity index (χ4n) is 2.82. The first-order valence-electron chi connectivity index (χ1n) is 9.58. The Hall–Kier alpha value is -3.75. The lowest BCUT2D eigenvalue weighted by Gasteiger charge is -2.12. The summed E-state index contributed by atoms with van der Waals surface area (Å²) < 4.78 is 11.3. The van der Waals surface area contributed by atoms with E-state index < -0.39 is 5.91 Å². The third kappa shape index (κ3) is 6.36. The molecule has 3 aromatic carbocycles. The molecule has 0 aliphatic rings. The summed E-state index contributed by atoms with van der Waals surface area (Å²) in [6, 6.07) is 24.1. The third-order valence-corrected chi connectivity index (χ3v) is 4.72. The number of carbonyl (C=O) groups is 1. The molecule has 31 heavy (non-hydrogen) atoms.